The van der Waals surface area contributed by atoms with Gasteiger partial charge in [0.05, 0.1) is 29.6 Å². The van der Waals surface area contributed by atoms with Crippen LogP contribution in [0.15, 0.2) is 24.4 Å². The predicted molar refractivity (Wildman–Crippen MR) is 249 cm³/mol. The van der Waals surface area contributed by atoms with Crippen LogP contribution in [0.4, 0.5) is 17.6 Å². The van der Waals surface area contributed by atoms with E-state index in [0.717, 1.165) is 50.7 Å². The fourth-order valence-electron chi connectivity index (χ4n) is 7.70. The van der Waals surface area contributed by atoms with Gasteiger partial charge in [0.25, 0.3) is 5.91 Å². The molecule has 12 heteroatoms. The van der Waals surface area contributed by atoms with Gasteiger partial charge < -0.3 is 19.5 Å². The van der Waals surface area contributed by atoms with Gasteiger partial charge in [-0.25, -0.2) is 9.07 Å². The number of amides is 1. The van der Waals surface area contributed by atoms with Crippen molar-refractivity contribution in [1.29, 1.82) is 0 Å². The molecule has 0 aliphatic carbocycles. The number of carbonyl (C=O) groups excluding carboxylic acids is 1. The zero-order valence-corrected chi connectivity index (χ0v) is 40.5. The summed E-state index contributed by atoms with van der Waals surface area (Å²) >= 11 is 0. The van der Waals surface area contributed by atoms with Crippen molar-refractivity contribution >= 4 is 16.8 Å². The smallest absolute Gasteiger partial charge is 0.393 e. The predicted octanol–water partition coefficient (Wildman–Crippen LogP) is 15.1. The Morgan fingerprint density at radius 2 is 1.16 bits per heavy atom. The number of fused-ring (bicyclic) bond motifs is 1. The molecule has 63 heavy (non-hydrogen) atoms. The lowest BCUT2D eigenvalue weighted by Gasteiger charge is -2.19. The summed E-state index contributed by atoms with van der Waals surface area (Å²) < 4.78 is 76.0. The van der Waals surface area contributed by atoms with Gasteiger partial charge in [0.1, 0.15) is 6.73 Å². The molecule has 1 N–H and O–H groups in total. The van der Waals surface area contributed by atoms with E-state index in [1.807, 2.05) is 20.8 Å². The number of halogens is 4. The maximum absolute atomic E-state index is 15.6. The van der Waals surface area contributed by atoms with Gasteiger partial charge >= 0.3 is 6.18 Å². The quantitative estimate of drug-likeness (QED) is 0.0407. The third-order valence-corrected chi connectivity index (χ3v) is 11.1. The largest absolute Gasteiger partial charge is 0.464 e. The maximum Gasteiger partial charge on any atom is 0.393 e. The lowest BCUT2D eigenvalue weighted by molar-refractivity contribution is -0.127. The van der Waals surface area contributed by atoms with Crippen LogP contribution < -0.4 is 10.1 Å². The van der Waals surface area contributed by atoms with Gasteiger partial charge in [0.15, 0.2) is 24.1 Å². The molecule has 0 fully saturated rings. The van der Waals surface area contributed by atoms with Crippen molar-refractivity contribution in [1.82, 2.24) is 20.1 Å². The molecule has 1 amide bonds. The molecule has 0 radical (unpaired) electrons. The van der Waals surface area contributed by atoms with Gasteiger partial charge in [-0.15, -0.1) is 0 Å². The summed E-state index contributed by atoms with van der Waals surface area (Å²) in [6.45, 7) is 19.9. The van der Waals surface area contributed by atoms with Crippen LogP contribution in [-0.2, 0) is 22.6 Å². The summed E-state index contributed by atoms with van der Waals surface area (Å²) in [7, 11) is 0. The molecular formula is C51H82F4N4O4. The first-order chi connectivity index (χ1) is 29.6. The third kappa shape index (κ3) is 23.0. The van der Waals surface area contributed by atoms with Crippen molar-refractivity contribution in [2.75, 3.05) is 20.0 Å². The van der Waals surface area contributed by atoms with Gasteiger partial charge in [-0.05, 0) is 81.0 Å². The first kappa shape index (κ1) is 54.1. The van der Waals surface area contributed by atoms with E-state index in [1.54, 1.807) is 0 Å². The summed E-state index contributed by atoms with van der Waals surface area (Å²) in [6, 6.07) is 3.63. The zero-order chi connectivity index (χ0) is 46.5. The lowest BCUT2D eigenvalue weighted by Crippen LogP contribution is -2.40. The van der Waals surface area contributed by atoms with Gasteiger partial charge in [-0.2, -0.15) is 18.3 Å². The lowest BCUT2D eigenvalue weighted by atomic mass is 9.89. The van der Waals surface area contributed by atoms with Gasteiger partial charge in [0, 0.05) is 23.9 Å². The van der Waals surface area contributed by atoms with Crippen molar-refractivity contribution in [3.8, 4) is 17.0 Å². The van der Waals surface area contributed by atoms with Crippen molar-refractivity contribution < 1.29 is 36.6 Å². The highest BCUT2D eigenvalue weighted by Gasteiger charge is 2.31. The van der Waals surface area contributed by atoms with Crippen LogP contribution >= 0.6 is 0 Å². The van der Waals surface area contributed by atoms with Crippen LogP contribution in [0.5, 0.6) is 5.75 Å². The minimum Gasteiger partial charge on any atom is -0.464 e. The fourth-order valence-corrected chi connectivity index (χ4v) is 7.70. The number of rotatable bonds is 30. The number of nitrogens with one attached hydrogen (secondary N) is 1. The Hall–Kier alpha value is -3.25. The van der Waals surface area contributed by atoms with Crippen LogP contribution in [0.3, 0.4) is 0 Å². The Labute approximate surface area is 377 Å². The topological polar surface area (TPSA) is 87.5 Å². The normalized spacial score (nSPS) is 12.7. The second-order valence-electron chi connectivity index (χ2n) is 21.1. The number of ether oxygens (including phenoxy) is 3. The Kier molecular flexibility index (Phi) is 22.9. The van der Waals surface area contributed by atoms with Crippen molar-refractivity contribution in [3.05, 3.63) is 41.5 Å². The van der Waals surface area contributed by atoms with Crippen LogP contribution in [0.2, 0.25) is 0 Å². The molecule has 1 aromatic carbocycles. The average molecular weight is 891 g/mol. The third-order valence-electron chi connectivity index (χ3n) is 11.1. The fraction of sp³-hybridized carbons (Fsp3) is 0.745. The van der Waals surface area contributed by atoms with E-state index in [2.05, 4.69) is 56.9 Å². The zero-order valence-electron chi connectivity index (χ0n) is 40.5. The standard InChI is InChI=1S/C51H82F4N4O4/c1-48(2,3)28-24-20-16-12-10-14-18-22-26-30-61-37-59-44-34-43(56-36-41(44)46(58-59)47(60)57-50(7,8)9)40-33-42(52)45(32-39(40)35-51(53,54)55)63-38-62-31-27-23-19-15-11-13-17-21-25-29-49(4,5)6/h32-34,36H,10-31,35,37-38H2,1-9H3,(H,57,60). The highest BCUT2D eigenvalue weighted by Crippen LogP contribution is 2.35. The maximum atomic E-state index is 15.6. The minimum atomic E-state index is -4.59. The van der Waals surface area contributed by atoms with E-state index in [4.69, 9.17) is 14.2 Å². The van der Waals surface area contributed by atoms with Crippen LogP contribution in [0.25, 0.3) is 22.2 Å². The Morgan fingerprint density at radius 3 is 1.65 bits per heavy atom. The van der Waals surface area contributed by atoms with Crippen molar-refractivity contribution in [2.24, 2.45) is 10.8 Å². The molecule has 3 rings (SSSR count). The van der Waals surface area contributed by atoms with E-state index in [0.29, 0.717) is 34.9 Å². The average Bonchev–Trinajstić information content (AvgIpc) is 3.53. The molecule has 0 unspecified atom stereocenters. The number of unbranched alkanes of at least 4 members (excludes halogenated alkanes) is 16. The number of benzene rings is 1. The molecule has 8 nitrogen and oxygen atoms in total. The molecule has 0 saturated heterocycles. The summed E-state index contributed by atoms with van der Waals surface area (Å²) in [5, 5.41) is 7.89. The van der Waals surface area contributed by atoms with E-state index in [9.17, 15) is 18.0 Å². The number of hydrogen-bond acceptors (Lipinski definition) is 6. The molecule has 2 heterocycles. The number of aromatic nitrogens is 3. The molecule has 0 aliphatic rings. The molecule has 0 saturated carbocycles. The van der Waals surface area contributed by atoms with Gasteiger partial charge in [-0.3, -0.25) is 9.78 Å². The van der Waals surface area contributed by atoms with Crippen LogP contribution in [0, 0.1) is 16.6 Å². The summed E-state index contributed by atoms with van der Waals surface area (Å²) in [5.41, 5.74) is 0.671. The van der Waals surface area contributed by atoms with Crippen LogP contribution in [-0.4, -0.2) is 52.4 Å². The molecular weight excluding hydrogens is 809 g/mol. The molecule has 0 atom stereocenters. The van der Waals surface area contributed by atoms with Gasteiger partial charge in [0.2, 0.25) is 0 Å². The van der Waals surface area contributed by atoms with E-state index in [-0.39, 0.29) is 41.8 Å². The molecule has 2 aromatic heterocycles. The number of carbonyl (C=O) groups is 1. The summed E-state index contributed by atoms with van der Waals surface area (Å²) in [5.74, 6) is -1.58. The second kappa shape index (κ2) is 26.6. The van der Waals surface area contributed by atoms with E-state index < -0.39 is 29.9 Å². The number of alkyl halides is 3. The number of nitrogens with zero attached hydrogens (tertiary/aromatic N) is 3. The molecule has 358 valence electrons. The Bertz CT molecular complexity index is 1770. The second-order valence-corrected chi connectivity index (χ2v) is 21.1. The van der Waals surface area contributed by atoms with Crippen molar-refractivity contribution in [3.63, 3.8) is 0 Å². The van der Waals surface area contributed by atoms with Crippen LogP contribution in [0.1, 0.15) is 207 Å². The van der Waals surface area contributed by atoms with Crippen molar-refractivity contribution in [2.45, 2.75) is 216 Å². The number of hydrogen-bond donors (Lipinski definition) is 1. The first-order valence-electron chi connectivity index (χ1n) is 24.0. The minimum absolute atomic E-state index is 0.0197. The SMILES string of the molecule is CC(C)(C)CCCCCCCCCCCOCOc1cc(CC(F)(F)F)c(-c2cc3c(cn2)c(C(=O)NC(C)(C)C)nn3COCCCCCCCCCCCC(C)(C)C)cc1F. The highest BCUT2D eigenvalue weighted by atomic mass is 19.4. The Morgan fingerprint density at radius 1 is 0.667 bits per heavy atom. The van der Waals surface area contributed by atoms with E-state index in [1.165, 1.54) is 107 Å². The molecule has 0 bridgehead atoms. The molecule has 0 aliphatic heterocycles. The van der Waals surface area contributed by atoms with E-state index >= 15 is 4.39 Å². The monoisotopic (exact) mass is 891 g/mol. The molecule has 0 spiro atoms. The van der Waals surface area contributed by atoms with Gasteiger partial charge in [-0.1, -0.05) is 144 Å². The summed E-state index contributed by atoms with van der Waals surface area (Å²) in [4.78, 5) is 17.8. The summed E-state index contributed by atoms with van der Waals surface area (Å²) in [6.07, 6.45) is 19.1. The number of pyridine rings is 1. The highest BCUT2D eigenvalue weighted by molar-refractivity contribution is 6.05. The first-order valence-corrected chi connectivity index (χ1v) is 24.0. The Balaban J connectivity index is 1.59. The molecule has 3 aromatic rings.